The van der Waals surface area contributed by atoms with E-state index in [1.165, 1.54) is 7.11 Å². The van der Waals surface area contributed by atoms with Crippen molar-refractivity contribution < 1.29 is 17.9 Å². The van der Waals surface area contributed by atoms with Crippen LogP contribution in [-0.4, -0.2) is 38.5 Å². The van der Waals surface area contributed by atoms with Crippen LogP contribution in [0, 0.1) is 6.92 Å². The molecule has 4 rings (SSSR count). The number of sulfonamides is 1. The van der Waals surface area contributed by atoms with Crippen LogP contribution in [0.15, 0.2) is 101 Å². The van der Waals surface area contributed by atoms with E-state index < -0.39 is 22.5 Å². The van der Waals surface area contributed by atoms with Gasteiger partial charge in [-0.1, -0.05) is 78.9 Å². The molecule has 36 heavy (non-hydrogen) atoms. The third-order valence-electron chi connectivity index (χ3n) is 5.67. The molecule has 0 saturated carbocycles. The number of ether oxygens (including phenoxy) is 1. The number of benzene rings is 4. The lowest BCUT2D eigenvalue weighted by atomic mass is 10.1. The van der Waals surface area contributed by atoms with Gasteiger partial charge in [0.05, 0.1) is 19.9 Å². The smallest absolute Gasteiger partial charge is 0.255 e. The zero-order chi connectivity index (χ0) is 25.5. The van der Waals surface area contributed by atoms with Gasteiger partial charge in [0.1, 0.15) is 10.6 Å². The summed E-state index contributed by atoms with van der Waals surface area (Å²) in [6.07, 6.45) is 1.56. The fraction of sp³-hybridized carbons (Fsp3) is 0.143. The first-order chi connectivity index (χ1) is 17.4. The fourth-order valence-electron chi connectivity index (χ4n) is 3.87. The molecule has 0 aliphatic heterocycles. The first-order valence-electron chi connectivity index (χ1n) is 11.4. The van der Waals surface area contributed by atoms with E-state index in [0.717, 1.165) is 31.8 Å². The highest BCUT2D eigenvalue weighted by molar-refractivity contribution is 7.89. The standard InChI is InChI=1S/C28H27N3O4S/c1-21-15-16-26(35-2)27(17-21)36(33,34)31(19-22-9-4-3-5-10-22)20-28(32)30-29-18-24-13-8-12-23-11-6-7-14-25(23)24/h3-18H,19-20H2,1-2H3,(H,30,32)/b29-18+. The molecule has 8 heteroatoms. The van der Waals surface area contributed by atoms with E-state index in [1.807, 2.05) is 72.8 Å². The molecule has 0 atom stereocenters. The van der Waals surface area contributed by atoms with Gasteiger partial charge < -0.3 is 4.74 Å². The minimum atomic E-state index is -4.07. The van der Waals surface area contributed by atoms with E-state index in [0.29, 0.717) is 0 Å². The highest BCUT2D eigenvalue weighted by Crippen LogP contribution is 2.28. The minimum Gasteiger partial charge on any atom is -0.495 e. The van der Waals surface area contributed by atoms with Crippen LogP contribution in [0.2, 0.25) is 0 Å². The molecule has 0 heterocycles. The summed E-state index contributed by atoms with van der Waals surface area (Å²) in [7, 11) is -2.65. The molecule has 0 aliphatic carbocycles. The number of carbonyl (C=O) groups is 1. The molecule has 0 saturated heterocycles. The summed E-state index contributed by atoms with van der Waals surface area (Å²) in [5.41, 5.74) is 4.82. The Balaban J connectivity index is 1.58. The summed E-state index contributed by atoms with van der Waals surface area (Å²) in [4.78, 5) is 12.8. The van der Waals surface area contributed by atoms with Gasteiger partial charge in [0.2, 0.25) is 10.0 Å². The van der Waals surface area contributed by atoms with Gasteiger partial charge in [0.25, 0.3) is 5.91 Å². The highest BCUT2D eigenvalue weighted by Gasteiger charge is 2.30. The second-order valence-corrected chi connectivity index (χ2v) is 10.2. The number of methoxy groups -OCH3 is 1. The van der Waals surface area contributed by atoms with Crippen LogP contribution >= 0.6 is 0 Å². The van der Waals surface area contributed by atoms with Crippen LogP contribution in [0.3, 0.4) is 0 Å². The van der Waals surface area contributed by atoms with Crippen molar-refractivity contribution in [2.45, 2.75) is 18.4 Å². The molecule has 0 aliphatic rings. The largest absolute Gasteiger partial charge is 0.495 e. The predicted molar refractivity (Wildman–Crippen MR) is 141 cm³/mol. The van der Waals surface area contributed by atoms with E-state index in [4.69, 9.17) is 4.74 Å². The van der Waals surface area contributed by atoms with Crippen LogP contribution in [-0.2, 0) is 21.4 Å². The van der Waals surface area contributed by atoms with Gasteiger partial charge in [-0.15, -0.1) is 0 Å². The number of aryl methyl sites for hydroxylation is 1. The molecule has 4 aromatic carbocycles. The van der Waals surface area contributed by atoms with Crippen molar-refractivity contribution in [3.8, 4) is 5.75 Å². The number of carbonyl (C=O) groups excluding carboxylic acids is 1. The Bertz CT molecular complexity index is 1500. The van der Waals surface area contributed by atoms with Gasteiger partial charge in [-0.25, -0.2) is 13.8 Å². The summed E-state index contributed by atoms with van der Waals surface area (Å²) in [5.74, 6) is -0.342. The van der Waals surface area contributed by atoms with Crippen molar-refractivity contribution in [2.24, 2.45) is 5.10 Å². The van der Waals surface area contributed by atoms with Crippen molar-refractivity contribution in [1.29, 1.82) is 0 Å². The monoisotopic (exact) mass is 501 g/mol. The third kappa shape index (κ3) is 5.79. The summed E-state index contributed by atoms with van der Waals surface area (Å²) in [6.45, 7) is 1.40. The molecule has 184 valence electrons. The number of nitrogens with one attached hydrogen (secondary N) is 1. The number of amides is 1. The Hall–Kier alpha value is -4.01. The number of nitrogens with zero attached hydrogens (tertiary/aromatic N) is 2. The zero-order valence-electron chi connectivity index (χ0n) is 20.1. The maximum absolute atomic E-state index is 13.7. The number of rotatable bonds is 9. The lowest BCUT2D eigenvalue weighted by Gasteiger charge is -2.23. The molecule has 1 amide bonds. The average Bonchev–Trinajstić information content (AvgIpc) is 2.89. The first-order valence-corrected chi connectivity index (χ1v) is 12.8. The first kappa shape index (κ1) is 25.1. The summed E-state index contributed by atoms with van der Waals surface area (Å²) >= 11 is 0. The molecule has 0 radical (unpaired) electrons. The Morgan fingerprint density at radius 1 is 0.972 bits per heavy atom. The molecule has 7 nitrogen and oxygen atoms in total. The van der Waals surface area contributed by atoms with E-state index in [2.05, 4.69) is 10.5 Å². The predicted octanol–water partition coefficient (Wildman–Crippen LogP) is 4.50. The molecule has 0 spiro atoms. The maximum atomic E-state index is 13.7. The van der Waals surface area contributed by atoms with Crippen LogP contribution in [0.1, 0.15) is 16.7 Å². The lowest BCUT2D eigenvalue weighted by Crippen LogP contribution is -2.39. The molecule has 0 bridgehead atoms. The summed E-state index contributed by atoms with van der Waals surface area (Å²) < 4.78 is 33.8. The number of hydrogen-bond donors (Lipinski definition) is 1. The van der Waals surface area contributed by atoms with Gasteiger partial charge in [-0.2, -0.15) is 9.41 Å². The Kier molecular flexibility index (Phi) is 7.77. The lowest BCUT2D eigenvalue weighted by molar-refractivity contribution is -0.121. The molecular formula is C28H27N3O4S. The average molecular weight is 502 g/mol. The Labute approximate surface area is 211 Å². The number of hydrazone groups is 1. The summed E-state index contributed by atoms with van der Waals surface area (Å²) in [5, 5.41) is 6.14. The van der Waals surface area contributed by atoms with Gasteiger partial charge in [0, 0.05) is 12.1 Å². The Morgan fingerprint density at radius 2 is 1.69 bits per heavy atom. The van der Waals surface area contributed by atoms with Gasteiger partial charge in [0.15, 0.2) is 0 Å². The molecule has 0 fully saturated rings. The fourth-order valence-corrected chi connectivity index (χ4v) is 5.49. The molecule has 0 unspecified atom stereocenters. The molecular weight excluding hydrogens is 474 g/mol. The van der Waals surface area contributed by atoms with Crippen molar-refractivity contribution in [2.75, 3.05) is 13.7 Å². The minimum absolute atomic E-state index is 0.00740. The van der Waals surface area contributed by atoms with Crippen molar-refractivity contribution in [3.05, 3.63) is 108 Å². The summed E-state index contributed by atoms with van der Waals surface area (Å²) in [6, 6.07) is 27.7. The second-order valence-electron chi connectivity index (χ2n) is 8.27. The molecule has 0 aromatic heterocycles. The topological polar surface area (TPSA) is 88.1 Å². The maximum Gasteiger partial charge on any atom is 0.255 e. The quantitative estimate of drug-likeness (QED) is 0.270. The van der Waals surface area contributed by atoms with Crippen LogP contribution in [0.5, 0.6) is 5.75 Å². The Morgan fingerprint density at radius 3 is 2.47 bits per heavy atom. The van der Waals surface area contributed by atoms with Crippen molar-refractivity contribution in [3.63, 3.8) is 0 Å². The molecule has 4 aromatic rings. The zero-order valence-corrected chi connectivity index (χ0v) is 20.9. The number of hydrogen-bond acceptors (Lipinski definition) is 5. The normalized spacial score (nSPS) is 11.8. The van der Waals surface area contributed by atoms with Gasteiger partial charge in [-0.05, 0) is 41.0 Å². The van der Waals surface area contributed by atoms with Crippen LogP contribution in [0.25, 0.3) is 10.8 Å². The van der Waals surface area contributed by atoms with Crippen LogP contribution in [0.4, 0.5) is 0 Å². The molecule has 1 N–H and O–H groups in total. The van der Waals surface area contributed by atoms with Crippen molar-refractivity contribution in [1.82, 2.24) is 9.73 Å². The van der Waals surface area contributed by atoms with Crippen molar-refractivity contribution >= 4 is 32.9 Å². The third-order valence-corrected chi connectivity index (χ3v) is 7.49. The van der Waals surface area contributed by atoms with E-state index in [9.17, 15) is 13.2 Å². The van der Waals surface area contributed by atoms with E-state index >= 15 is 0 Å². The van der Waals surface area contributed by atoms with E-state index in [1.54, 1.807) is 31.3 Å². The SMILES string of the molecule is COc1ccc(C)cc1S(=O)(=O)N(CC(=O)N/N=C/c1cccc2ccccc12)Cc1ccccc1. The highest BCUT2D eigenvalue weighted by atomic mass is 32.2. The van der Waals surface area contributed by atoms with Gasteiger partial charge >= 0.3 is 0 Å². The number of fused-ring (bicyclic) bond motifs is 1. The van der Waals surface area contributed by atoms with Crippen LogP contribution < -0.4 is 10.2 Å². The van der Waals surface area contributed by atoms with E-state index in [-0.39, 0.29) is 17.2 Å². The van der Waals surface area contributed by atoms with Gasteiger partial charge in [-0.3, -0.25) is 4.79 Å². The second kappa shape index (κ2) is 11.2.